The average molecular weight is 209 g/mol. The van der Waals surface area contributed by atoms with Crippen molar-refractivity contribution in [3.05, 3.63) is 0 Å². The second-order valence-corrected chi connectivity index (χ2v) is 6.25. The van der Waals surface area contributed by atoms with Crippen LogP contribution in [0, 0.1) is 23.7 Å². The molecule has 1 nitrogen and oxygen atoms in total. The van der Waals surface area contributed by atoms with Crippen LogP contribution in [0.5, 0.6) is 0 Å². The van der Waals surface area contributed by atoms with Crippen LogP contribution in [0.4, 0.5) is 0 Å². The Morgan fingerprint density at radius 3 is 2.40 bits per heavy atom. The van der Waals surface area contributed by atoms with Crippen molar-refractivity contribution < 1.29 is 0 Å². The van der Waals surface area contributed by atoms with Crippen LogP contribution in [0.3, 0.4) is 0 Å². The molecule has 0 aliphatic heterocycles. The van der Waals surface area contributed by atoms with Gasteiger partial charge in [0, 0.05) is 6.04 Å². The van der Waals surface area contributed by atoms with Gasteiger partial charge in [0.1, 0.15) is 0 Å². The van der Waals surface area contributed by atoms with Crippen molar-refractivity contribution in [3.63, 3.8) is 0 Å². The highest BCUT2D eigenvalue weighted by atomic mass is 14.6. The summed E-state index contributed by atoms with van der Waals surface area (Å²) in [7, 11) is 0. The Bertz CT molecular complexity index is 202. The van der Waals surface area contributed by atoms with Gasteiger partial charge in [0.2, 0.25) is 0 Å². The Morgan fingerprint density at radius 1 is 0.933 bits per heavy atom. The molecule has 0 aromatic carbocycles. The first-order chi connectivity index (χ1) is 7.16. The molecule has 2 aliphatic rings. The first kappa shape index (κ1) is 11.4. The van der Waals surface area contributed by atoms with Gasteiger partial charge in [0.05, 0.1) is 0 Å². The van der Waals surface area contributed by atoms with E-state index in [9.17, 15) is 0 Å². The zero-order valence-electron chi connectivity index (χ0n) is 10.4. The number of hydrogen-bond donors (Lipinski definition) is 1. The fraction of sp³-hybridized carbons (Fsp3) is 1.00. The third-order valence-corrected chi connectivity index (χ3v) is 4.86. The normalized spacial score (nSPS) is 47.8. The van der Waals surface area contributed by atoms with Crippen molar-refractivity contribution in [3.8, 4) is 0 Å². The predicted octanol–water partition coefficient (Wildman–Crippen LogP) is 3.58. The minimum atomic E-state index is 0.497. The molecule has 0 aromatic heterocycles. The predicted molar refractivity (Wildman–Crippen MR) is 65.6 cm³/mol. The van der Waals surface area contributed by atoms with Gasteiger partial charge in [-0.2, -0.15) is 0 Å². The van der Waals surface area contributed by atoms with E-state index >= 15 is 0 Å². The highest BCUT2D eigenvalue weighted by Crippen LogP contribution is 2.42. The summed E-state index contributed by atoms with van der Waals surface area (Å²) in [6, 6.07) is 0.497. The highest BCUT2D eigenvalue weighted by Gasteiger charge is 2.33. The molecule has 5 atom stereocenters. The van der Waals surface area contributed by atoms with E-state index in [0.717, 1.165) is 23.7 Å². The van der Waals surface area contributed by atoms with E-state index in [-0.39, 0.29) is 0 Å². The minimum Gasteiger partial charge on any atom is -0.328 e. The standard InChI is InChI=1S/C14H27N/c1-10-4-3-5-12(8-10)14-7-6-13(15)9-11(14)2/h10-14H,3-9,15H2,1-2H3. The van der Waals surface area contributed by atoms with Crippen molar-refractivity contribution in [1.82, 2.24) is 0 Å². The first-order valence-corrected chi connectivity index (χ1v) is 6.92. The first-order valence-electron chi connectivity index (χ1n) is 6.92. The van der Waals surface area contributed by atoms with E-state index in [4.69, 9.17) is 5.73 Å². The van der Waals surface area contributed by atoms with Crippen molar-refractivity contribution >= 4 is 0 Å². The molecular formula is C14H27N. The molecule has 5 unspecified atom stereocenters. The summed E-state index contributed by atoms with van der Waals surface area (Å²) >= 11 is 0. The molecule has 0 saturated heterocycles. The van der Waals surface area contributed by atoms with E-state index in [1.54, 1.807) is 0 Å². The molecule has 0 spiro atoms. The van der Waals surface area contributed by atoms with Crippen LogP contribution in [0.15, 0.2) is 0 Å². The lowest BCUT2D eigenvalue weighted by Gasteiger charge is -2.40. The molecule has 0 amide bonds. The Labute approximate surface area is 94.8 Å². The zero-order valence-corrected chi connectivity index (χ0v) is 10.4. The van der Waals surface area contributed by atoms with Gasteiger partial charge in [-0.15, -0.1) is 0 Å². The molecule has 15 heavy (non-hydrogen) atoms. The van der Waals surface area contributed by atoms with Gasteiger partial charge in [-0.1, -0.05) is 33.1 Å². The molecule has 1 heteroatoms. The Balaban J connectivity index is 1.91. The molecule has 0 heterocycles. The monoisotopic (exact) mass is 209 g/mol. The second kappa shape index (κ2) is 4.86. The Kier molecular flexibility index (Phi) is 3.71. The van der Waals surface area contributed by atoms with Gasteiger partial charge in [0.15, 0.2) is 0 Å². The quantitative estimate of drug-likeness (QED) is 0.702. The fourth-order valence-corrected chi connectivity index (χ4v) is 4.03. The lowest BCUT2D eigenvalue weighted by molar-refractivity contribution is 0.112. The van der Waals surface area contributed by atoms with Crippen LogP contribution in [0.25, 0.3) is 0 Å². The van der Waals surface area contributed by atoms with Gasteiger partial charge in [-0.05, 0) is 49.4 Å². The Hall–Kier alpha value is -0.0400. The maximum atomic E-state index is 6.04. The number of nitrogens with two attached hydrogens (primary N) is 1. The van der Waals surface area contributed by atoms with E-state index in [1.165, 1.54) is 44.9 Å². The molecule has 88 valence electrons. The number of rotatable bonds is 1. The van der Waals surface area contributed by atoms with Crippen molar-refractivity contribution in [2.24, 2.45) is 29.4 Å². The molecular weight excluding hydrogens is 182 g/mol. The van der Waals surface area contributed by atoms with Crippen LogP contribution >= 0.6 is 0 Å². The smallest absolute Gasteiger partial charge is 0.00415 e. The summed E-state index contributed by atoms with van der Waals surface area (Å²) in [5, 5.41) is 0. The van der Waals surface area contributed by atoms with Gasteiger partial charge < -0.3 is 5.73 Å². The minimum absolute atomic E-state index is 0.497. The van der Waals surface area contributed by atoms with Crippen LogP contribution in [-0.2, 0) is 0 Å². The molecule has 0 aromatic rings. The molecule has 2 saturated carbocycles. The van der Waals surface area contributed by atoms with E-state index in [2.05, 4.69) is 13.8 Å². The Morgan fingerprint density at radius 2 is 1.73 bits per heavy atom. The van der Waals surface area contributed by atoms with Gasteiger partial charge in [0.25, 0.3) is 0 Å². The van der Waals surface area contributed by atoms with Gasteiger partial charge in [-0.25, -0.2) is 0 Å². The second-order valence-electron chi connectivity index (χ2n) is 6.25. The van der Waals surface area contributed by atoms with Crippen LogP contribution < -0.4 is 5.73 Å². The zero-order chi connectivity index (χ0) is 10.8. The van der Waals surface area contributed by atoms with E-state index in [1.807, 2.05) is 0 Å². The summed E-state index contributed by atoms with van der Waals surface area (Å²) in [6.07, 6.45) is 9.88. The van der Waals surface area contributed by atoms with Crippen molar-refractivity contribution in [2.75, 3.05) is 0 Å². The molecule has 0 bridgehead atoms. The van der Waals surface area contributed by atoms with Crippen LogP contribution in [-0.4, -0.2) is 6.04 Å². The maximum Gasteiger partial charge on any atom is 0.00415 e. The molecule has 2 aliphatic carbocycles. The molecule has 2 N–H and O–H groups in total. The van der Waals surface area contributed by atoms with Crippen molar-refractivity contribution in [2.45, 2.75) is 64.8 Å². The molecule has 2 fully saturated rings. The van der Waals surface area contributed by atoms with E-state index in [0.29, 0.717) is 6.04 Å². The number of hydrogen-bond acceptors (Lipinski definition) is 1. The van der Waals surface area contributed by atoms with Gasteiger partial charge >= 0.3 is 0 Å². The SMILES string of the molecule is CC1CCCC(C2CCC(N)CC2C)C1. The summed E-state index contributed by atoms with van der Waals surface area (Å²) in [6.45, 7) is 4.87. The van der Waals surface area contributed by atoms with Crippen molar-refractivity contribution in [1.29, 1.82) is 0 Å². The maximum absolute atomic E-state index is 6.04. The highest BCUT2D eigenvalue weighted by molar-refractivity contribution is 4.86. The third-order valence-electron chi connectivity index (χ3n) is 4.86. The lowest BCUT2D eigenvalue weighted by Crippen LogP contribution is -2.36. The van der Waals surface area contributed by atoms with Crippen LogP contribution in [0.1, 0.15) is 58.8 Å². The summed E-state index contributed by atoms with van der Waals surface area (Å²) in [5.74, 6) is 3.87. The third kappa shape index (κ3) is 2.75. The summed E-state index contributed by atoms with van der Waals surface area (Å²) < 4.78 is 0. The summed E-state index contributed by atoms with van der Waals surface area (Å²) in [5.41, 5.74) is 6.04. The average Bonchev–Trinajstić information content (AvgIpc) is 2.17. The van der Waals surface area contributed by atoms with Gasteiger partial charge in [-0.3, -0.25) is 0 Å². The van der Waals surface area contributed by atoms with Crippen LogP contribution in [0.2, 0.25) is 0 Å². The van der Waals surface area contributed by atoms with E-state index < -0.39 is 0 Å². The summed E-state index contributed by atoms with van der Waals surface area (Å²) in [4.78, 5) is 0. The fourth-order valence-electron chi connectivity index (χ4n) is 4.03. The largest absolute Gasteiger partial charge is 0.328 e. The molecule has 0 radical (unpaired) electrons. The molecule has 2 rings (SSSR count). The topological polar surface area (TPSA) is 26.0 Å². The lowest BCUT2D eigenvalue weighted by atomic mass is 9.66.